The molecule has 0 radical (unpaired) electrons. The smallest absolute Gasteiger partial charge is 0.412 e. The lowest BCUT2D eigenvalue weighted by molar-refractivity contribution is -0.112. The molecule has 2 amide bonds. The van der Waals surface area contributed by atoms with Crippen LogP contribution in [-0.4, -0.2) is 30.5 Å². The molecule has 0 bridgehead atoms. The molecule has 3 aromatic carbocycles. The average Bonchev–Trinajstić information content (AvgIpc) is 2.88. The van der Waals surface area contributed by atoms with Crippen LogP contribution in [0.1, 0.15) is 25.5 Å². The number of carbonyl (C=O) groups excluding carboxylic acids is 2. The molecule has 5 N–H and O–H groups in total. The molecule has 8 nitrogen and oxygen atoms in total. The maximum Gasteiger partial charge on any atom is 0.412 e. The van der Waals surface area contributed by atoms with Gasteiger partial charge in [-0.1, -0.05) is 38.1 Å². The first-order valence-corrected chi connectivity index (χ1v) is 12.7. The summed E-state index contributed by atoms with van der Waals surface area (Å²) in [6.07, 6.45) is 3.44. The van der Waals surface area contributed by atoms with Crippen LogP contribution >= 0.6 is 11.8 Å². The Labute approximate surface area is 220 Å². The molecule has 0 aliphatic heterocycles. The third-order valence-corrected chi connectivity index (χ3v) is 6.37. The predicted octanol–water partition coefficient (Wildman–Crippen LogP) is 6.22. The van der Waals surface area contributed by atoms with Crippen molar-refractivity contribution in [1.29, 1.82) is 0 Å². The first kappa shape index (κ1) is 27.5. The predicted molar refractivity (Wildman–Crippen MR) is 148 cm³/mol. The second kappa shape index (κ2) is 12.2. The highest BCUT2D eigenvalue weighted by molar-refractivity contribution is 7.98. The molecule has 3 rings (SSSR count). The van der Waals surface area contributed by atoms with Crippen molar-refractivity contribution in [3.05, 3.63) is 84.4 Å². The molecule has 0 saturated carbocycles. The number of nitrogen functional groups attached to an aromatic ring is 1. The summed E-state index contributed by atoms with van der Waals surface area (Å²) in [5, 5.41) is 15.8. The number of anilines is 3. The molecule has 0 spiro atoms. The summed E-state index contributed by atoms with van der Waals surface area (Å²) in [7, 11) is 1.45. The molecule has 0 aliphatic carbocycles. The standard InChI is InChI=1S/C28H31N3O5S/c1-28(2,16-15-25(33)31-22-8-6-5-7-21(22)29)26(18-9-14-24(35-3)23(32)17-18)36-27(34)30-19-10-12-20(37-4)13-11-19/h5-17,26,32H,29H2,1-4H3,(H,30,34)(H,31,33)/b16-15+/t26-/m0/s1. The Morgan fingerprint density at radius 1 is 1.05 bits per heavy atom. The van der Waals surface area contributed by atoms with Gasteiger partial charge < -0.3 is 25.6 Å². The molecule has 0 aromatic heterocycles. The van der Waals surface area contributed by atoms with Crippen molar-refractivity contribution in [2.24, 2.45) is 5.41 Å². The van der Waals surface area contributed by atoms with Gasteiger partial charge in [-0.25, -0.2) is 4.79 Å². The second-order valence-electron chi connectivity index (χ2n) is 8.80. The Balaban J connectivity index is 1.84. The molecular formula is C28H31N3O5S. The maximum absolute atomic E-state index is 12.9. The Morgan fingerprint density at radius 2 is 1.76 bits per heavy atom. The van der Waals surface area contributed by atoms with Crippen molar-refractivity contribution in [3.8, 4) is 11.5 Å². The summed E-state index contributed by atoms with van der Waals surface area (Å²) in [6, 6.07) is 19.1. The van der Waals surface area contributed by atoms with Crippen LogP contribution in [0, 0.1) is 5.41 Å². The number of ether oxygens (including phenoxy) is 2. The van der Waals surface area contributed by atoms with Crippen LogP contribution in [0.15, 0.2) is 83.8 Å². The molecule has 0 saturated heterocycles. The first-order chi connectivity index (χ1) is 17.6. The number of nitrogens with two attached hydrogens (primary N) is 1. The lowest BCUT2D eigenvalue weighted by Crippen LogP contribution is -2.28. The number of hydrogen-bond acceptors (Lipinski definition) is 7. The minimum Gasteiger partial charge on any atom is -0.504 e. The van der Waals surface area contributed by atoms with Crippen LogP contribution in [0.5, 0.6) is 11.5 Å². The van der Waals surface area contributed by atoms with E-state index in [1.165, 1.54) is 19.3 Å². The van der Waals surface area contributed by atoms with Gasteiger partial charge in [-0.05, 0) is 66.4 Å². The van der Waals surface area contributed by atoms with Gasteiger partial charge in [0.15, 0.2) is 11.5 Å². The number of phenolic OH excluding ortho intramolecular Hbond substituents is 1. The Hall–Kier alpha value is -4.11. The number of carbonyl (C=O) groups is 2. The van der Waals surface area contributed by atoms with E-state index in [-0.39, 0.29) is 17.4 Å². The number of thioether (sulfide) groups is 1. The molecule has 0 heterocycles. The molecular weight excluding hydrogens is 490 g/mol. The highest BCUT2D eigenvalue weighted by Gasteiger charge is 2.33. The Bertz CT molecular complexity index is 1280. The van der Waals surface area contributed by atoms with Crippen molar-refractivity contribution < 1.29 is 24.2 Å². The fourth-order valence-corrected chi connectivity index (χ4v) is 4.02. The number of nitrogens with one attached hydrogen (secondary N) is 2. The zero-order valence-electron chi connectivity index (χ0n) is 21.1. The topological polar surface area (TPSA) is 123 Å². The van der Waals surface area contributed by atoms with Crippen LogP contribution < -0.4 is 21.1 Å². The van der Waals surface area contributed by atoms with Crippen molar-refractivity contribution in [2.75, 3.05) is 29.7 Å². The average molecular weight is 522 g/mol. The first-order valence-electron chi connectivity index (χ1n) is 11.5. The van der Waals surface area contributed by atoms with Crippen molar-refractivity contribution in [2.45, 2.75) is 24.8 Å². The van der Waals surface area contributed by atoms with E-state index in [1.54, 1.807) is 66.4 Å². The van der Waals surface area contributed by atoms with Gasteiger partial charge in [-0.2, -0.15) is 0 Å². The number of para-hydroxylation sites is 2. The zero-order chi connectivity index (χ0) is 27.0. The van der Waals surface area contributed by atoms with Gasteiger partial charge in [0, 0.05) is 16.0 Å². The molecule has 0 aliphatic rings. The van der Waals surface area contributed by atoms with E-state index in [4.69, 9.17) is 15.2 Å². The maximum atomic E-state index is 12.9. The van der Waals surface area contributed by atoms with E-state index in [9.17, 15) is 14.7 Å². The van der Waals surface area contributed by atoms with Gasteiger partial charge in [0.2, 0.25) is 5.91 Å². The van der Waals surface area contributed by atoms with Gasteiger partial charge in [0.25, 0.3) is 0 Å². The molecule has 1 atom stereocenters. The molecule has 194 valence electrons. The second-order valence-corrected chi connectivity index (χ2v) is 9.68. The van der Waals surface area contributed by atoms with Crippen LogP contribution in [0.25, 0.3) is 0 Å². The Kier molecular flexibility index (Phi) is 9.08. The quantitative estimate of drug-likeness (QED) is 0.150. The fourth-order valence-electron chi connectivity index (χ4n) is 3.61. The van der Waals surface area contributed by atoms with Crippen molar-refractivity contribution >= 4 is 40.8 Å². The zero-order valence-corrected chi connectivity index (χ0v) is 22.0. The summed E-state index contributed by atoms with van der Waals surface area (Å²) in [5.41, 5.74) is 7.09. The number of aromatic hydroxyl groups is 1. The molecule has 0 unspecified atom stereocenters. The summed E-state index contributed by atoms with van der Waals surface area (Å²) in [4.78, 5) is 26.5. The molecule has 37 heavy (non-hydrogen) atoms. The van der Waals surface area contributed by atoms with E-state index in [0.717, 1.165) is 4.90 Å². The highest BCUT2D eigenvalue weighted by Crippen LogP contribution is 2.41. The lowest BCUT2D eigenvalue weighted by atomic mass is 9.82. The number of methoxy groups -OCH3 is 1. The molecule has 9 heteroatoms. The SMILES string of the molecule is COc1ccc([C@H](OC(=O)Nc2ccc(SC)cc2)C(C)(C)/C=C/C(=O)Nc2ccccc2N)cc1O. The van der Waals surface area contributed by atoms with Crippen molar-refractivity contribution in [1.82, 2.24) is 0 Å². The Morgan fingerprint density at radius 3 is 2.38 bits per heavy atom. The van der Waals surface area contributed by atoms with Crippen LogP contribution in [-0.2, 0) is 9.53 Å². The minimum atomic E-state index is -0.861. The van der Waals surface area contributed by atoms with Crippen LogP contribution in [0.2, 0.25) is 0 Å². The molecule has 3 aromatic rings. The van der Waals surface area contributed by atoms with E-state index in [2.05, 4.69) is 10.6 Å². The number of hydrogen-bond donors (Lipinski definition) is 4. The fraction of sp³-hybridized carbons (Fsp3) is 0.214. The number of benzene rings is 3. The lowest BCUT2D eigenvalue weighted by Gasteiger charge is -2.32. The summed E-state index contributed by atoms with van der Waals surface area (Å²) >= 11 is 1.60. The van der Waals surface area contributed by atoms with E-state index in [1.807, 2.05) is 32.2 Å². The largest absolute Gasteiger partial charge is 0.504 e. The number of phenols is 1. The highest BCUT2D eigenvalue weighted by atomic mass is 32.2. The van der Waals surface area contributed by atoms with Gasteiger partial charge in [-0.3, -0.25) is 10.1 Å². The van der Waals surface area contributed by atoms with Crippen LogP contribution in [0.4, 0.5) is 21.9 Å². The normalized spacial score (nSPS) is 12.1. The number of rotatable bonds is 9. The van der Waals surface area contributed by atoms with Crippen LogP contribution in [0.3, 0.4) is 0 Å². The van der Waals surface area contributed by atoms with Gasteiger partial charge >= 0.3 is 6.09 Å². The van der Waals surface area contributed by atoms with Gasteiger partial charge in [0.05, 0.1) is 18.5 Å². The third kappa shape index (κ3) is 7.44. The minimum absolute atomic E-state index is 0.0984. The van der Waals surface area contributed by atoms with Crippen molar-refractivity contribution in [3.63, 3.8) is 0 Å². The summed E-state index contributed by atoms with van der Waals surface area (Å²) < 4.78 is 11.0. The monoisotopic (exact) mass is 521 g/mol. The van der Waals surface area contributed by atoms with Gasteiger partial charge in [-0.15, -0.1) is 11.8 Å². The third-order valence-electron chi connectivity index (χ3n) is 5.63. The summed E-state index contributed by atoms with van der Waals surface area (Å²) in [5.74, 6) is -0.201. The summed E-state index contributed by atoms with van der Waals surface area (Å²) in [6.45, 7) is 3.64. The van der Waals surface area contributed by atoms with Gasteiger partial charge in [0.1, 0.15) is 6.10 Å². The number of amides is 2. The molecule has 0 fully saturated rings. The van der Waals surface area contributed by atoms with E-state index in [0.29, 0.717) is 22.6 Å². The van der Waals surface area contributed by atoms with E-state index >= 15 is 0 Å². The van der Waals surface area contributed by atoms with E-state index < -0.39 is 17.6 Å².